The van der Waals surface area contributed by atoms with Gasteiger partial charge < -0.3 is 23.7 Å². The highest BCUT2D eigenvalue weighted by Crippen LogP contribution is 2.35. The molecule has 0 spiro atoms. The zero-order valence-corrected chi connectivity index (χ0v) is 22.3. The zero-order valence-electron chi connectivity index (χ0n) is 22.3. The first-order valence-electron chi connectivity index (χ1n) is 12.8. The van der Waals surface area contributed by atoms with E-state index in [-0.39, 0.29) is 23.4 Å². The van der Waals surface area contributed by atoms with Crippen LogP contribution in [-0.4, -0.2) is 70.9 Å². The molecule has 0 unspecified atom stereocenters. The smallest absolute Gasteiger partial charge is 0.360 e. The van der Waals surface area contributed by atoms with Crippen LogP contribution in [-0.2, 0) is 23.7 Å². The molecule has 2 heterocycles. The second-order valence-corrected chi connectivity index (χ2v) is 9.08. The Balaban J connectivity index is 1.47. The molecule has 4 atom stereocenters. The van der Waals surface area contributed by atoms with Gasteiger partial charge in [0.15, 0.2) is 24.1 Å². The summed E-state index contributed by atoms with van der Waals surface area (Å²) in [6.45, 7) is -0.366. The Morgan fingerprint density at radius 3 is 1.74 bits per heavy atom. The fourth-order valence-corrected chi connectivity index (χ4v) is 4.27. The topological polar surface area (TPSA) is 145 Å². The van der Waals surface area contributed by atoms with Crippen LogP contribution in [0.2, 0.25) is 0 Å². The number of esters is 4. The Labute approximate surface area is 239 Å². The minimum absolute atomic E-state index is 0.133. The van der Waals surface area contributed by atoms with Crippen molar-refractivity contribution in [1.82, 2.24) is 15.0 Å². The van der Waals surface area contributed by atoms with Crippen LogP contribution in [0.15, 0.2) is 97.2 Å². The molecule has 0 saturated carbocycles. The van der Waals surface area contributed by atoms with E-state index in [9.17, 15) is 19.2 Å². The molecule has 5 rings (SSSR count). The lowest BCUT2D eigenvalue weighted by molar-refractivity contribution is -0.0678. The van der Waals surface area contributed by atoms with Gasteiger partial charge in [-0.25, -0.2) is 23.9 Å². The van der Waals surface area contributed by atoms with E-state index < -0.39 is 48.4 Å². The molecule has 12 heteroatoms. The molecule has 1 fully saturated rings. The third-order valence-corrected chi connectivity index (χ3v) is 6.34. The maximum Gasteiger partial charge on any atom is 0.360 e. The summed E-state index contributed by atoms with van der Waals surface area (Å²) in [6, 6.07) is 24.7. The lowest BCUT2D eigenvalue weighted by Gasteiger charge is -2.24. The van der Waals surface area contributed by atoms with Crippen molar-refractivity contribution in [3.05, 3.63) is 120 Å². The summed E-state index contributed by atoms with van der Waals surface area (Å²) in [7, 11) is 1.19. The average Bonchev–Trinajstić information content (AvgIpc) is 3.66. The molecule has 1 aromatic heterocycles. The molecule has 0 amide bonds. The quantitative estimate of drug-likeness (QED) is 0.216. The second kappa shape index (κ2) is 12.9. The van der Waals surface area contributed by atoms with Gasteiger partial charge in [-0.2, -0.15) is 0 Å². The summed E-state index contributed by atoms with van der Waals surface area (Å²) in [4.78, 5) is 51.1. The SMILES string of the molecule is COC(=O)c1cn([C@@H]2O[C@H](COC(=O)c3ccccc3)[C@@H](OC(=O)c3ccccc3)[C@H]2OC(=O)c2ccccc2)nn1. The van der Waals surface area contributed by atoms with E-state index in [1.807, 2.05) is 0 Å². The molecule has 1 aliphatic heterocycles. The number of carbonyl (C=O) groups excluding carboxylic acids is 4. The first-order chi connectivity index (χ1) is 20.4. The van der Waals surface area contributed by atoms with Gasteiger partial charge in [0.1, 0.15) is 12.7 Å². The molecule has 0 radical (unpaired) electrons. The summed E-state index contributed by atoms with van der Waals surface area (Å²) in [5.41, 5.74) is 0.641. The first kappa shape index (κ1) is 28.2. The van der Waals surface area contributed by atoms with Crippen molar-refractivity contribution >= 4 is 23.9 Å². The highest BCUT2D eigenvalue weighted by molar-refractivity contribution is 5.91. The highest BCUT2D eigenvalue weighted by atomic mass is 16.7. The van der Waals surface area contributed by atoms with E-state index in [0.717, 1.165) is 4.68 Å². The number of carbonyl (C=O) groups is 4. The molecule has 12 nitrogen and oxygen atoms in total. The zero-order chi connectivity index (χ0) is 29.5. The lowest BCUT2D eigenvalue weighted by atomic mass is 10.1. The van der Waals surface area contributed by atoms with E-state index in [2.05, 4.69) is 10.3 Å². The fraction of sp³-hybridized carbons (Fsp3) is 0.200. The third-order valence-electron chi connectivity index (χ3n) is 6.34. The fourth-order valence-electron chi connectivity index (χ4n) is 4.27. The van der Waals surface area contributed by atoms with Gasteiger partial charge in [0, 0.05) is 0 Å². The number of aromatic nitrogens is 3. The Kier molecular flexibility index (Phi) is 8.64. The number of rotatable bonds is 9. The van der Waals surface area contributed by atoms with Crippen LogP contribution in [0.3, 0.4) is 0 Å². The molecule has 214 valence electrons. The molecule has 0 bridgehead atoms. The van der Waals surface area contributed by atoms with Gasteiger partial charge in [-0.05, 0) is 36.4 Å². The number of benzene rings is 3. The largest absolute Gasteiger partial charge is 0.464 e. The van der Waals surface area contributed by atoms with Gasteiger partial charge in [0.2, 0.25) is 0 Å². The number of hydrogen-bond acceptors (Lipinski definition) is 11. The maximum absolute atomic E-state index is 13.2. The van der Waals surface area contributed by atoms with Crippen molar-refractivity contribution in [2.24, 2.45) is 0 Å². The van der Waals surface area contributed by atoms with Crippen LogP contribution in [0.4, 0.5) is 0 Å². The van der Waals surface area contributed by atoms with Crippen molar-refractivity contribution in [2.75, 3.05) is 13.7 Å². The van der Waals surface area contributed by atoms with Gasteiger partial charge in [-0.1, -0.05) is 59.8 Å². The normalized spacial score (nSPS) is 19.5. The average molecular weight is 572 g/mol. The molecule has 1 aliphatic rings. The second-order valence-electron chi connectivity index (χ2n) is 9.08. The summed E-state index contributed by atoms with van der Waals surface area (Å²) < 4.78 is 29.2. The molecule has 4 aromatic rings. The Bertz CT molecular complexity index is 1540. The molecular weight excluding hydrogens is 546 g/mol. The highest BCUT2D eigenvalue weighted by Gasteiger charge is 2.52. The number of nitrogens with zero attached hydrogens (tertiary/aromatic N) is 3. The molecule has 1 saturated heterocycles. The minimum atomic E-state index is -1.29. The minimum Gasteiger partial charge on any atom is -0.464 e. The van der Waals surface area contributed by atoms with Gasteiger partial charge >= 0.3 is 23.9 Å². The van der Waals surface area contributed by atoms with Crippen molar-refractivity contribution in [3.8, 4) is 0 Å². The monoisotopic (exact) mass is 571 g/mol. The van der Waals surface area contributed by atoms with Crippen molar-refractivity contribution < 1.29 is 42.9 Å². The van der Waals surface area contributed by atoms with E-state index in [0.29, 0.717) is 5.56 Å². The Hall–Kier alpha value is -5.36. The molecule has 0 aliphatic carbocycles. The van der Waals surface area contributed by atoms with Crippen LogP contribution in [0.25, 0.3) is 0 Å². The van der Waals surface area contributed by atoms with Gasteiger partial charge in [-0.3, -0.25) is 0 Å². The predicted octanol–water partition coefficient (Wildman–Crippen LogP) is 3.27. The van der Waals surface area contributed by atoms with Crippen LogP contribution in [0, 0.1) is 0 Å². The summed E-state index contributed by atoms with van der Waals surface area (Å²) in [5.74, 6) is -2.84. The number of hydrogen-bond donors (Lipinski definition) is 0. The number of ether oxygens (including phenoxy) is 5. The standard InChI is InChI=1S/C30H25N3O9/c1-38-30(37)22-17-33(32-31-22)26-25(42-29(36)21-15-9-4-10-16-21)24(41-28(35)20-13-7-3-8-14-20)23(40-26)18-39-27(34)19-11-5-2-6-12-19/h2-17,23-26H,18H2,1H3/t23-,24-,25-,26-/m1/s1. The van der Waals surface area contributed by atoms with Crippen LogP contribution < -0.4 is 0 Å². The van der Waals surface area contributed by atoms with Gasteiger partial charge in [-0.15, -0.1) is 5.10 Å². The first-order valence-corrected chi connectivity index (χ1v) is 12.8. The molecular formula is C30H25N3O9. The Morgan fingerprint density at radius 2 is 1.21 bits per heavy atom. The van der Waals surface area contributed by atoms with Crippen molar-refractivity contribution in [2.45, 2.75) is 24.5 Å². The lowest BCUT2D eigenvalue weighted by Crippen LogP contribution is -2.41. The molecule has 3 aromatic carbocycles. The van der Waals surface area contributed by atoms with Crippen LogP contribution >= 0.6 is 0 Å². The van der Waals surface area contributed by atoms with E-state index in [1.165, 1.54) is 13.3 Å². The Morgan fingerprint density at radius 1 is 0.714 bits per heavy atom. The van der Waals surface area contributed by atoms with E-state index >= 15 is 0 Å². The maximum atomic E-state index is 13.2. The third kappa shape index (κ3) is 6.34. The van der Waals surface area contributed by atoms with E-state index in [4.69, 9.17) is 23.7 Å². The van der Waals surface area contributed by atoms with Gasteiger partial charge in [0.25, 0.3) is 0 Å². The summed E-state index contributed by atoms with van der Waals surface area (Å²) >= 11 is 0. The van der Waals surface area contributed by atoms with Crippen molar-refractivity contribution in [1.29, 1.82) is 0 Å². The van der Waals surface area contributed by atoms with Crippen LogP contribution in [0.5, 0.6) is 0 Å². The van der Waals surface area contributed by atoms with E-state index in [1.54, 1.807) is 91.0 Å². The van der Waals surface area contributed by atoms with Crippen LogP contribution in [0.1, 0.15) is 47.8 Å². The summed E-state index contributed by atoms with van der Waals surface area (Å²) in [5, 5.41) is 7.75. The molecule has 0 N–H and O–H groups in total. The molecule has 42 heavy (non-hydrogen) atoms. The van der Waals surface area contributed by atoms with Gasteiger partial charge in [0.05, 0.1) is 30.0 Å². The summed E-state index contributed by atoms with van der Waals surface area (Å²) in [6.07, 6.45) is -3.64. The number of methoxy groups -OCH3 is 1. The predicted molar refractivity (Wildman–Crippen MR) is 143 cm³/mol. The van der Waals surface area contributed by atoms with Crippen molar-refractivity contribution in [3.63, 3.8) is 0 Å².